The highest BCUT2D eigenvalue weighted by Crippen LogP contribution is 2.24. The highest BCUT2D eigenvalue weighted by molar-refractivity contribution is 5.89. The van der Waals surface area contributed by atoms with Gasteiger partial charge < -0.3 is 14.4 Å². The van der Waals surface area contributed by atoms with Crippen LogP contribution in [0.15, 0.2) is 35.3 Å². The lowest BCUT2D eigenvalue weighted by Gasteiger charge is -2.20. The molecule has 0 aliphatic carbocycles. The lowest BCUT2D eigenvalue weighted by molar-refractivity contribution is -0.155. The van der Waals surface area contributed by atoms with E-state index < -0.39 is 46.8 Å². The molecule has 0 spiro atoms. The molecule has 2 aromatic rings. The maximum absolute atomic E-state index is 14.0. The number of carbonyl (C=O) groups is 2. The van der Waals surface area contributed by atoms with Gasteiger partial charge in [0.2, 0.25) is 0 Å². The number of hydrogen-bond donors (Lipinski definition) is 1. The van der Waals surface area contributed by atoms with Crippen LogP contribution in [0.5, 0.6) is 0 Å². The van der Waals surface area contributed by atoms with Crippen LogP contribution in [-0.4, -0.2) is 27.2 Å². The van der Waals surface area contributed by atoms with E-state index in [4.69, 9.17) is 4.74 Å². The molecule has 0 saturated carbocycles. The van der Waals surface area contributed by atoms with Crippen molar-refractivity contribution in [3.63, 3.8) is 0 Å². The third-order valence-electron chi connectivity index (χ3n) is 3.30. The molecule has 0 aliphatic heterocycles. The smallest absolute Gasteiger partial charge is 0.341 e. The van der Waals surface area contributed by atoms with E-state index in [9.17, 15) is 28.3 Å². The SMILES string of the molecule is CC(C)(C)OC(=O)Cn1cc(-c2cccc(F)c2F)cc(C(=O)O)c1=O. The fourth-order valence-electron chi connectivity index (χ4n) is 2.29. The number of carboxylic acid groups (broad SMARTS) is 1. The average molecular weight is 365 g/mol. The zero-order valence-corrected chi connectivity index (χ0v) is 14.4. The monoisotopic (exact) mass is 365 g/mol. The summed E-state index contributed by atoms with van der Waals surface area (Å²) in [6.45, 7) is 4.33. The molecule has 26 heavy (non-hydrogen) atoms. The second kappa shape index (κ2) is 7.07. The summed E-state index contributed by atoms with van der Waals surface area (Å²) in [4.78, 5) is 35.5. The van der Waals surface area contributed by atoms with E-state index in [1.165, 1.54) is 12.1 Å². The summed E-state index contributed by atoms with van der Waals surface area (Å²) in [5, 5.41) is 9.21. The molecule has 0 amide bonds. The number of aromatic nitrogens is 1. The third kappa shape index (κ3) is 4.33. The van der Waals surface area contributed by atoms with Gasteiger partial charge in [0.1, 0.15) is 17.7 Å². The Morgan fingerprint density at radius 2 is 1.88 bits per heavy atom. The first-order valence-electron chi connectivity index (χ1n) is 7.63. The molecular formula is C18H17F2NO5. The Morgan fingerprint density at radius 3 is 2.46 bits per heavy atom. The number of hydrogen-bond acceptors (Lipinski definition) is 4. The van der Waals surface area contributed by atoms with E-state index in [1.807, 2.05) is 0 Å². The van der Waals surface area contributed by atoms with Gasteiger partial charge in [0.15, 0.2) is 11.6 Å². The van der Waals surface area contributed by atoms with Crippen LogP contribution in [0.3, 0.4) is 0 Å². The van der Waals surface area contributed by atoms with Gasteiger partial charge in [-0.2, -0.15) is 0 Å². The van der Waals surface area contributed by atoms with Crippen molar-refractivity contribution in [3.05, 3.63) is 58.0 Å². The zero-order chi connectivity index (χ0) is 19.6. The van der Waals surface area contributed by atoms with Gasteiger partial charge in [-0.3, -0.25) is 9.59 Å². The first-order valence-corrected chi connectivity index (χ1v) is 7.63. The highest BCUT2D eigenvalue weighted by Gasteiger charge is 2.21. The minimum absolute atomic E-state index is 0.0532. The Hall–Kier alpha value is -3.03. The van der Waals surface area contributed by atoms with Crippen molar-refractivity contribution in [1.29, 1.82) is 0 Å². The van der Waals surface area contributed by atoms with E-state index >= 15 is 0 Å². The molecule has 1 N–H and O–H groups in total. The van der Waals surface area contributed by atoms with E-state index in [2.05, 4.69) is 0 Å². The number of rotatable bonds is 4. The number of esters is 1. The fourth-order valence-corrected chi connectivity index (χ4v) is 2.29. The molecule has 0 bridgehead atoms. The van der Waals surface area contributed by atoms with Crippen molar-refractivity contribution in [2.24, 2.45) is 0 Å². The van der Waals surface area contributed by atoms with Gasteiger partial charge in [-0.1, -0.05) is 12.1 Å². The number of benzene rings is 1. The Kier molecular flexibility index (Phi) is 5.25. The first kappa shape index (κ1) is 19.3. The Bertz CT molecular complexity index is 928. The van der Waals surface area contributed by atoms with Crippen LogP contribution in [0, 0.1) is 11.6 Å². The van der Waals surface area contributed by atoms with Crippen molar-refractivity contribution in [1.82, 2.24) is 4.57 Å². The van der Waals surface area contributed by atoms with Crippen molar-refractivity contribution in [2.45, 2.75) is 32.9 Å². The Balaban J connectivity index is 2.57. The van der Waals surface area contributed by atoms with Gasteiger partial charge in [-0.05, 0) is 32.9 Å². The van der Waals surface area contributed by atoms with Crippen molar-refractivity contribution >= 4 is 11.9 Å². The molecule has 138 valence electrons. The zero-order valence-electron chi connectivity index (χ0n) is 14.4. The number of nitrogens with zero attached hydrogens (tertiary/aromatic N) is 1. The summed E-state index contributed by atoms with van der Waals surface area (Å²) in [7, 11) is 0. The molecule has 0 radical (unpaired) electrons. The summed E-state index contributed by atoms with van der Waals surface area (Å²) in [5.41, 5.74) is -2.71. The predicted molar refractivity (Wildman–Crippen MR) is 88.9 cm³/mol. The van der Waals surface area contributed by atoms with Gasteiger partial charge in [-0.25, -0.2) is 13.6 Å². The second-order valence-electron chi connectivity index (χ2n) is 6.57. The lowest BCUT2D eigenvalue weighted by atomic mass is 10.0. The molecule has 2 rings (SSSR count). The van der Waals surface area contributed by atoms with Crippen LogP contribution >= 0.6 is 0 Å². The molecule has 0 saturated heterocycles. The second-order valence-corrected chi connectivity index (χ2v) is 6.57. The highest BCUT2D eigenvalue weighted by atomic mass is 19.2. The van der Waals surface area contributed by atoms with Crippen LogP contribution in [-0.2, 0) is 16.1 Å². The van der Waals surface area contributed by atoms with Gasteiger partial charge in [-0.15, -0.1) is 0 Å². The molecule has 0 unspecified atom stereocenters. The standard InChI is InChI=1S/C18H17F2NO5/c1-18(2,3)26-14(22)9-21-8-10(7-12(16(21)23)17(24)25)11-5-4-6-13(19)15(11)20/h4-8H,9H2,1-3H3,(H,24,25). The van der Waals surface area contributed by atoms with Crippen LogP contribution in [0.1, 0.15) is 31.1 Å². The maximum Gasteiger partial charge on any atom is 0.341 e. The van der Waals surface area contributed by atoms with Crippen LogP contribution in [0.25, 0.3) is 11.1 Å². The van der Waals surface area contributed by atoms with Crippen molar-refractivity contribution in [2.75, 3.05) is 0 Å². The van der Waals surface area contributed by atoms with E-state index in [-0.39, 0.29) is 11.1 Å². The van der Waals surface area contributed by atoms with Crippen LogP contribution in [0.2, 0.25) is 0 Å². The number of carboxylic acids is 1. The van der Waals surface area contributed by atoms with Crippen LogP contribution < -0.4 is 5.56 Å². The number of pyridine rings is 1. The first-order chi connectivity index (χ1) is 12.0. The summed E-state index contributed by atoms with van der Waals surface area (Å²) in [5.74, 6) is -4.63. The van der Waals surface area contributed by atoms with Crippen molar-refractivity contribution < 1.29 is 28.2 Å². The summed E-state index contributed by atoms with van der Waals surface area (Å²) in [6.07, 6.45) is 1.09. The number of carbonyl (C=O) groups excluding carboxylic acids is 1. The van der Waals surface area contributed by atoms with Gasteiger partial charge in [0.25, 0.3) is 5.56 Å². The molecule has 1 heterocycles. The molecule has 6 nitrogen and oxygen atoms in total. The topological polar surface area (TPSA) is 85.6 Å². The van der Waals surface area contributed by atoms with Gasteiger partial charge in [0.05, 0.1) is 0 Å². The minimum atomic E-state index is -1.55. The Labute approximate surface area is 147 Å². The average Bonchev–Trinajstić information content (AvgIpc) is 2.50. The maximum atomic E-state index is 14.0. The normalized spacial score (nSPS) is 11.3. The van der Waals surface area contributed by atoms with Gasteiger partial charge in [0, 0.05) is 17.3 Å². The fraction of sp³-hybridized carbons (Fsp3) is 0.278. The molecular weight excluding hydrogens is 348 g/mol. The van der Waals surface area contributed by atoms with Crippen LogP contribution in [0.4, 0.5) is 8.78 Å². The van der Waals surface area contributed by atoms with Crippen molar-refractivity contribution in [3.8, 4) is 11.1 Å². The van der Waals surface area contributed by atoms with E-state index in [0.29, 0.717) is 0 Å². The molecule has 8 heteroatoms. The molecule has 1 aromatic carbocycles. The number of ether oxygens (including phenoxy) is 1. The molecule has 0 atom stereocenters. The lowest BCUT2D eigenvalue weighted by Crippen LogP contribution is -2.32. The summed E-state index contributed by atoms with van der Waals surface area (Å²) >= 11 is 0. The molecule has 0 fully saturated rings. The molecule has 1 aromatic heterocycles. The predicted octanol–water partition coefficient (Wildman–Crippen LogP) is 2.83. The van der Waals surface area contributed by atoms with Gasteiger partial charge >= 0.3 is 11.9 Å². The number of aromatic carboxylic acids is 1. The summed E-state index contributed by atoms with van der Waals surface area (Å²) < 4.78 is 33.4. The van der Waals surface area contributed by atoms with E-state index in [1.54, 1.807) is 20.8 Å². The Morgan fingerprint density at radius 1 is 1.23 bits per heavy atom. The quantitative estimate of drug-likeness (QED) is 0.842. The van der Waals surface area contributed by atoms with E-state index in [0.717, 1.165) is 22.9 Å². The number of halogens is 2. The summed E-state index contributed by atoms with van der Waals surface area (Å²) in [6, 6.07) is 4.33. The molecule has 0 aliphatic rings. The largest absolute Gasteiger partial charge is 0.477 e. The third-order valence-corrected chi connectivity index (χ3v) is 3.30. The minimum Gasteiger partial charge on any atom is -0.477 e.